The van der Waals surface area contributed by atoms with E-state index in [-0.39, 0.29) is 29.5 Å². The maximum Gasteiger partial charge on any atom is 0.264 e. The molecule has 7 nitrogen and oxygen atoms in total. The highest BCUT2D eigenvalue weighted by Crippen LogP contribution is 2.31. The monoisotopic (exact) mass is 713 g/mol. The van der Waals surface area contributed by atoms with Crippen LogP contribution in [0.15, 0.2) is 95.9 Å². The topological polar surface area (TPSA) is 86.8 Å². The number of nitrogens with zero attached hydrogens (tertiary/aromatic N) is 2. The fraction of sp³-hybridized carbons (Fsp3) is 0.278. The molecule has 0 aliphatic heterocycles. The van der Waals surface area contributed by atoms with Crippen molar-refractivity contribution in [3.8, 4) is 0 Å². The lowest BCUT2D eigenvalue weighted by Gasteiger charge is -2.34. The largest absolute Gasteiger partial charge is 0.354 e. The van der Waals surface area contributed by atoms with Gasteiger partial charge in [-0.1, -0.05) is 108 Å². The second-order valence-electron chi connectivity index (χ2n) is 11.3. The van der Waals surface area contributed by atoms with Crippen LogP contribution in [0.2, 0.25) is 15.1 Å². The molecule has 0 spiro atoms. The van der Waals surface area contributed by atoms with E-state index < -0.39 is 28.5 Å². The van der Waals surface area contributed by atoms with Crippen molar-refractivity contribution < 1.29 is 18.0 Å². The molecular weight excluding hydrogens is 677 g/mol. The van der Waals surface area contributed by atoms with Crippen molar-refractivity contribution in [3.05, 3.63) is 128 Å². The van der Waals surface area contributed by atoms with E-state index in [2.05, 4.69) is 5.32 Å². The second-order valence-corrected chi connectivity index (χ2v) is 14.4. The summed E-state index contributed by atoms with van der Waals surface area (Å²) < 4.78 is 29.6. The molecule has 0 aromatic heterocycles. The van der Waals surface area contributed by atoms with Crippen molar-refractivity contribution >= 4 is 62.3 Å². The van der Waals surface area contributed by atoms with Crippen molar-refractivity contribution in [2.24, 2.45) is 0 Å². The highest BCUT2D eigenvalue weighted by molar-refractivity contribution is 7.92. The predicted octanol–water partition coefficient (Wildman–Crippen LogP) is 8.02. The minimum absolute atomic E-state index is 0.00844. The highest BCUT2D eigenvalue weighted by Gasteiger charge is 2.35. The third-order valence-electron chi connectivity index (χ3n) is 7.82. The number of aryl methyl sites for hydroxylation is 2. The first kappa shape index (κ1) is 36.3. The standard InChI is InChI=1S/C36H38Cl3N3O4S/c1-4-5-20-40-36(44)34(21-27-10-7-6-8-11-27)41(23-30-31(38)12-9-13-32(30)39)35(43)24-42(33-22-28(37)17-16-26(33)3)47(45,46)29-18-14-25(2)15-19-29/h6-19,22,34H,4-5,20-21,23-24H2,1-3H3,(H,40,44)/t34-/m1/s1. The number of rotatable bonds is 14. The van der Waals surface area contributed by atoms with Gasteiger partial charge in [0.1, 0.15) is 12.6 Å². The number of nitrogens with one attached hydrogen (secondary N) is 1. The van der Waals surface area contributed by atoms with E-state index in [4.69, 9.17) is 34.8 Å². The van der Waals surface area contributed by atoms with E-state index in [0.29, 0.717) is 32.7 Å². The molecule has 1 atom stereocenters. The Kier molecular flexibility index (Phi) is 12.7. The van der Waals surface area contributed by atoms with Crippen LogP contribution in [0, 0.1) is 13.8 Å². The summed E-state index contributed by atoms with van der Waals surface area (Å²) in [5, 5.41) is 3.90. The van der Waals surface area contributed by atoms with E-state index in [1.807, 2.05) is 44.2 Å². The molecule has 0 heterocycles. The Hall–Kier alpha value is -3.56. The molecule has 1 N–H and O–H groups in total. The van der Waals surface area contributed by atoms with Gasteiger partial charge in [-0.05, 0) is 67.8 Å². The number of halogens is 3. The molecule has 0 unspecified atom stereocenters. The third kappa shape index (κ3) is 9.29. The first-order chi connectivity index (χ1) is 22.4. The number of amides is 2. The summed E-state index contributed by atoms with van der Waals surface area (Å²) in [7, 11) is -4.28. The van der Waals surface area contributed by atoms with Crippen molar-refractivity contribution in [2.75, 3.05) is 17.4 Å². The molecule has 0 saturated carbocycles. The van der Waals surface area contributed by atoms with Crippen molar-refractivity contribution in [2.45, 2.75) is 57.5 Å². The van der Waals surface area contributed by atoms with Gasteiger partial charge in [0.25, 0.3) is 10.0 Å². The van der Waals surface area contributed by atoms with Crippen molar-refractivity contribution in [1.29, 1.82) is 0 Å². The van der Waals surface area contributed by atoms with Gasteiger partial charge in [-0.25, -0.2) is 8.42 Å². The molecule has 0 saturated heterocycles. The maximum atomic E-state index is 14.7. The number of anilines is 1. The fourth-order valence-corrected chi connectivity index (χ4v) is 7.27. The van der Waals surface area contributed by atoms with Crippen LogP contribution in [0.4, 0.5) is 5.69 Å². The Bertz CT molecular complexity index is 1780. The Morgan fingerprint density at radius 1 is 0.851 bits per heavy atom. The van der Waals surface area contributed by atoms with Gasteiger partial charge in [0.15, 0.2) is 0 Å². The molecule has 4 rings (SSSR count). The van der Waals surface area contributed by atoms with Gasteiger partial charge in [0, 0.05) is 40.1 Å². The van der Waals surface area contributed by atoms with Crippen LogP contribution < -0.4 is 9.62 Å². The zero-order valence-corrected chi connectivity index (χ0v) is 29.6. The van der Waals surface area contributed by atoms with Gasteiger partial charge >= 0.3 is 0 Å². The minimum atomic E-state index is -4.28. The van der Waals surface area contributed by atoms with Crippen LogP contribution in [0.5, 0.6) is 0 Å². The third-order valence-corrected chi connectivity index (χ3v) is 10.5. The van der Waals surface area contributed by atoms with Crippen LogP contribution in [-0.4, -0.2) is 44.3 Å². The van der Waals surface area contributed by atoms with Crippen LogP contribution >= 0.6 is 34.8 Å². The molecule has 0 radical (unpaired) electrons. The molecule has 2 amide bonds. The summed E-state index contributed by atoms with van der Waals surface area (Å²) in [4.78, 5) is 30.0. The highest BCUT2D eigenvalue weighted by atomic mass is 35.5. The quantitative estimate of drug-likeness (QED) is 0.134. The lowest BCUT2D eigenvalue weighted by atomic mass is 10.0. The smallest absolute Gasteiger partial charge is 0.264 e. The number of hydrogen-bond donors (Lipinski definition) is 1. The van der Waals surface area contributed by atoms with Crippen LogP contribution in [-0.2, 0) is 32.6 Å². The lowest BCUT2D eigenvalue weighted by molar-refractivity contribution is -0.140. The SMILES string of the molecule is CCCCNC(=O)[C@@H](Cc1ccccc1)N(Cc1c(Cl)cccc1Cl)C(=O)CN(c1cc(Cl)ccc1C)S(=O)(=O)c1ccc(C)cc1. The van der Waals surface area contributed by atoms with Crippen molar-refractivity contribution in [1.82, 2.24) is 10.2 Å². The molecular formula is C36H38Cl3N3O4S. The van der Waals surface area contributed by atoms with Crippen LogP contribution in [0.25, 0.3) is 0 Å². The minimum Gasteiger partial charge on any atom is -0.354 e. The van der Waals surface area contributed by atoms with E-state index >= 15 is 0 Å². The van der Waals surface area contributed by atoms with Crippen LogP contribution in [0.3, 0.4) is 0 Å². The van der Waals surface area contributed by atoms with Gasteiger partial charge in [-0.15, -0.1) is 0 Å². The van der Waals surface area contributed by atoms with Gasteiger partial charge in [-0.3, -0.25) is 13.9 Å². The van der Waals surface area contributed by atoms with E-state index in [9.17, 15) is 18.0 Å². The van der Waals surface area contributed by atoms with E-state index in [1.165, 1.54) is 23.1 Å². The molecule has 47 heavy (non-hydrogen) atoms. The Balaban J connectivity index is 1.85. The fourth-order valence-electron chi connectivity index (χ4n) is 5.12. The average molecular weight is 715 g/mol. The summed E-state index contributed by atoms with van der Waals surface area (Å²) >= 11 is 19.5. The molecule has 4 aromatic carbocycles. The first-order valence-corrected chi connectivity index (χ1v) is 17.9. The number of benzene rings is 4. The van der Waals surface area contributed by atoms with Gasteiger partial charge < -0.3 is 10.2 Å². The summed E-state index contributed by atoms with van der Waals surface area (Å²) in [6, 6.07) is 24.6. The molecule has 0 fully saturated rings. The van der Waals surface area contributed by atoms with Crippen molar-refractivity contribution in [3.63, 3.8) is 0 Å². The summed E-state index contributed by atoms with van der Waals surface area (Å²) in [5.41, 5.74) is 2.98. The predicted molar refractivity (Wildman–Crippen MR) is 191 cm³/mol. The molecule has 0 aliphatic carbocycles. The Morgan fingerprint density at radius 3 is 2.15 bits per heavy atom. The number of carbonyl (C=O) groups excluding carboxylic acids is 2. The van der Waals surface area contributed by atoms with Gasteiger partial charge in [0.2, 0.25) is 11.8 Å². The maximum absolute atomic E-state index is 14.7. The van der Waals surface area contributed by atoms with Gasteiger partial charge in [-0.2, -0.15) is 0 Å². The number of unbranched alkanes of at least 4 members (excludes halogenated alkanes) is 1. The van der Waals surface area contributed by atoms with Crippen LogP contribution in [0.1, 0.15) is 42.0 Å². The Labute approximate surface area is 292 Å². The molecule has 0 bridgehead atoms. The first-order valence-electron chi connectivity index (χ1n) is 15.3. The number of hydrogen-bond acceptors (Lipinski definition) is 4. The van der Waals surface area contributed by atoms with Gasteiger partial charge in [0.05, 0.1) is 10.6 Å². The van der Waals surface area contributed by atoms with E-state index in [0.717, 1.165) is 28.3 Å². The number of sulfonamides is 1. The zero-order chi connectivity index (χ0) is 34.1. The molecule has 248 valence electrons. The zero-order valence-electron chi connectivity index (χ0n) is 26.5. The molecule has 4 aromatic rings. The molecule has 0 aliphatic rings. The normalized spacial score (nSPS) is 12.0. The number of carbonyl (C=O) groups is 2. The average Bonchev–Trinajstić information content (AvgIpc) is 3.04. The Morgan fingerprint density at radius 2 is 1.51 bits per heavy atom. The van der Waals surface area contributed by atoms with E-state index in [1.54, 1.807) is 49.4 Å². The summed E-state index contributed by atoms with van der Waals surface area (Å²) in [6.45, 7) is 5.29. The summed E-state index contributed by atoms with van der Waals surface area (Å²) in [6.07, 6.45) is 1.80. The lowest BCUT2D eigenvalue weighted by Crippen LogP contribution is -2.53. The summed E-state index contributed by atoms with van der Waals surface area (Å²) in [5.74, 6) is -0.992. The second kappa shape index (κ2) is 16.5. The molecule has 11 heteroatoms.